The first-order valence-corrected chi connectivity index (χ1v) is 13.7. The van der Waals surface area contributed by atoms with Crippen LogP contribution in [0, 0.1) is 0 Å². The molecule has 0 aliphatic carbocycles. The third-order valence-electron chi connectivity index (χ3n) is 6.95. The SMILES string of the molecule is CC(C)(C)c1ccc(-c2cc(-c3ccc(C(C)(C)C)cc3)[o+]c(-c3ccc(C(C)(C)C)cc3)c2)cc1.FB(F)F.[F-]. The molecule has 0 bridgehead atoms. The highest BCUT2D eigenvalue weighted by molar-refractivity contribution is 6.33. The van der Waals surface area contributed by atoms with Crippen LogP contribution >= 0.6 is 0 Å². The Bertz CT molecular complexity index is 1210. The first-order chi connectivity index (χ1) is 18.4. The largest absolute Gasteiger partial charge is 1.00 e. The summed E-state index contributed by atoms with van der Waals surface area (Å²) in [5.74, 6) is 1.76. The van der Waals surface area contributed by atoms with E-state index in [9.17, 15) is 12.9 Å². The minimum absolute atomic E-state index is 0. The molecule has 0 unspecified atom stereocenters. The van der Waals surface area contributed by atoms with Gasteiger partial charge >= 0.3 is 19.1 Å². The van der Waals surface area contributed by atoms with Crippen molar-refractivity contribution < 1.29 is 22.1 Å². The van der Waals surface area contributed by atoms with Crippen LogP contribution in [0.2, 0.25) is 0 Å². The van der Waals surface area contributed by atoms with Crippen LogP contribution in [-0.2, 0) is 16.2 Å². The van der Waals surface area contributed by atoms with Crippen molar-refractivity contribution in [1.29, 1.82) is 0 Å². The number of hydrogen-bond donors (Lipinski definition) is 0. The van der Waals surface area contributed by atoms with Crippen LogP contribution in [-0.4, -0.2) is 7.54 Å². The highest BCUT2D eigenvalue weighted by atomic mass is 19.4. The Morgan fingerprint density at radius 1 is 0.439 bits per heavy atom. The van der Waals surface area contributed by atoms with Crippen molar-refractivity contribution in [2.75, 3.05) is 0 Å². The Labute approximate surface area is 243 Å². The Hall–Kier alpha value is -3.41. The zero-order valence-corrected chi connectivity index (χ0v) is 25.6. The van der Waals surface area contributed by atoms with E-state index in [0.29, 0.717) is 0 Å². The van der Waals surface area contributed by atoms with Crippen LogP contribution in [0.4, 0.5) is 12.9 Å². The lowest BCUT2D eigenvalue weighted by Crippen LogP contribution is -3.00. The fourth-order valence-electron chi connectivity index (χ4n) is 4.38. The molecule has 0 fully saturated rings. The van der Waals surface area contributed by atoms with Gasteiger partial charge in [-0.05, 0) is 62.8 Å². The molecule has 6 heteroatoms. The van der Waals surface area contributed by atoms with Crippen molar-refractivity contribution >= 4 is 7.54 Å². The molecule has 0 radical (unpaired) electrons. The van der Waals surface area contributed by atoms with Crippen LogP contribution < -0.4 is 4.70 Å². The van der Waals surface area contributed by atoms with E-state index in [4.69, 9.17) is 4.42 Å². The molecule has 0 saturated heterocycles. The van der Waals surface area contributed by atoms with Gasteiger partial charge in [0.05, 0.1) is 23.3 Å². The maximum atomic E-state index is 9.67. The fourth-order valence-corrected chi connectivity index (χ4v) is 4.38. The minimum atomic E-state index is -3.67. The van der Waals surface area contributed by atoms with Gasteiger partial charge in [-0.25, -0.2) is 4.42 Å². The molecule has 0 amide bonds. The van der Waals surface area contributed by atoms with Crippen molar-refractivity contribution in [3.8, 4) is 33.8 Å². The van der Waals surface area contributed by atoms with Gasteiger partial charge in [0.25, 0.3) is 0 Å². The smallest absolute Gasteiger partial charge is 0.762 e. The molecule has 1 aromatic heterocycles. The number of benzene rings is 3. The molecule has 4 rings (SSSR count). The predicted octanol–water partition coefficient (Wildman–Crippen LogP) is 8.34. The van der Waals surface area contributed by atoms with E-state index in [1.807, 2.05) is 0 Å². The fraction of sp³-hybridized carbons (Fsp3) is 0.343. The van der Waals surface area contributed by atoms with E-state index in [1.54, 1.807) is 0 Å². The summed E-state index contributed by atoms with van der Waals surface area (Å²) in [7, 11) is -3.67. The summed E-state index contributed by atoms with van der Waals surface area (Å²) >= 11 is 0. The van der Waals surface area contributed by atoms with Gasteiger partial charge in [0.1, 0.15) is 0 Å². The molecule has 0 atom stereocenters. The van der Waals surface area contributed by atoms with Crippen molar-refractivity contribution in [3.63, 3.8) is 0 Å². The monoisotopic (exact) mass is 564 g/mol. The van der Waals surface area contributed by atoms with Crippen LogP contribution in [0.1, 0.15) is 79.0 Å². The summed E-state index contributed by atoms with van der Waals surface area (Å²) in [4.78, 5) is 0. The zero-order valence-electron chi connectivity index (χ0n) is 25.6. The Balaban J connectivity index is 0.00000110. The van der Waals surface area contributed by atoms with Crippen molar-refractivity contribution in [2.45, 2.75) is 78.6 Å². The average Bonchev–Trinajstić information content (AvgIpc) is 2.87. The third-order valence-corrected chi connectivity index (χ3v) is 6.95. The van der Waals surface area contributed by atoms with Crippen LogP contribution in [0.3, 0.4) is 0 Å². The van der Waals surface area contributed by atoms with E-state index in [-0.39, 0.29) is 20.9 Å². The van der Waals surface area contributed by atoms with Gasteiger partial charge in [-0.3, -0.25) is 12.9 Å². The molecule has 3 aromatic carbocycles. The number of hydrogen-bond acceptors (Lipinski definition) is 0. The van der Waals surface area contributed by atoms with Crippen LogP contribution in [0.25, 0.3) is 33.8 Å². The lowest BCUT2D eigenvalue weighted by Gasteiger charge is -2.19. The van der Waals surface area contributed by atoms with Gasteiger partial charge in [0.2, 0.25) is 0 Å². The van der Waals surface area contributed by atoms with Crippen molar-refractivity contribution in [3.05, 3.63) is 102 Å². The maximum absolute atomic E-state index is 9.67. The summed E-state index contributed by atoms with van der Waals surface area (Å²) in [6.45, 7) is 20.2. The van der Waals surface area contributed by atoms with Crippen LogP contribution in [0.5, 0.6) is 0 Å². The average molecular weight is 565 g/mol. The van der Waals surface area contributed by atoms with Gasteiger partial charge < -0.3 is 4.70 Å². The highest BCUT2D eigenvalue weighted by Gasteiger charge is 2.23. The lowest BCUT2D eigenvalue weighted by atomic mass is 9.86. The molecular weight excluding hydrogens is 523 g/mol. The molecular formula is C35H41BF4O. The molecule has 0 spiro atoms. The third kappa shape index (κ3) is 9.31. The molecule has 0 aliphatic heterocycles. The molecule has 0 N–H and O–H groups in total. The summed E-state index contributed by atoms with van der Waals surface area (Å²) in [6.07, 6.45) is 0. The van der Waals surface area contributed by atoms with E-state index >= 15 is 0 Å². The minimum Gasteiger partial charge on any atom is -1.00 e. The molecule has 41 heavy (non-hydrogen) atoms. The highest BCUT2D eigenvalue weighted by Crippen LogP contribution is 2.35. The van der Waals surface area contributed by atoms with Gasteiger partial charge in [0.15, 0.2) is 0 Å². The van der Waals surface area contributed by atoms with Gasteiger partial charge in [-0.15, -0.1) is 0 Å². The second-order valence-corrected chi connectivity index (χ2v) is 13.3. The summed E-state index contributed by atoms with van der Waals surface area (Å²) < 4.78 is 35.5. The number of halogens is 4. The van der Waals surface area contributed by atoms with E-state index < -0.39 is 7.54 Å². The van der Waals surface area contributed by atoms with E-state index in [1.165, 1.54) is 22.3 Å². The summed E-state index contributed by atoms with van der Waals surface area (Å²) in [6, 6.07) is 30.9. The molecule has 1 nitrogen and oxygen atoms in total. The maximum Gasteiger partial charge on any atom is 0.762 e. The second kappa shape index (κ2) is 13.1. The Morgan fingerprint density at radius 2 is 0.683 bits per heavy atom. The first-order valence-electron chi connectivity index (χ1n) is 13.7. The molecule has 1 heterocycles. The molecule has 4 aromatic rings. The quantitative estimate of drug-likeness (QED) is 0.138. The predicted molar refractivity (Wildman–Crippen MR) is 165 cm³/mol. The molecule has 0 aliphatic rings. The van der Waals surface area contributed by atoms with Crippen molar-refractivity contribution in [1.82, 2.24) is 0 Å². The summed E-state index contributed by atoms with van der Waals surface area (Å²) in [5, 5.41) is 0. The van der Waals surface area contributed by atoms with Gasteiger partial charge in [0, 0.05) is 5.56 Å². The van der Waals surface area contributed by atoms with Gasteiger partial charge in [-0.1, -0.05) is 111 Å². The van der Waals surface area contributed by atoms with Gasteiger partial charge in [-0.2, -0.15) is 0 Å². The van der Waals surface area contributed by atoms with Crippen LogP contribution in [0.15, 0.2) is 89.3 Å². The topological polar surface area (TPSA) is 11.3 Å². The zero-order chi connectivity index (χ0) is 29.9. The Morgan fingerprint density at radius 3 is 0.927 bits per heavy atom. The molecule has 218 valence electrons. The van der Waals surface area contributed by atoms with E-state index in [0.717, 1.165) is 28.2 Å². The Kier molecular flexibility index (Phi) is 10.8. The number of rotatable bonds is 3. The first kappa shape index (κ1) is 33.8. The summed E-state index contributed by atoms with van der Waals surface area (Å²) in [5.41, 5.74) is 8.86. The lowest BCUT2D eigenvalue weighted by molar-refractivity contribution is -0.0000127. The molecule has 0 saturated carbocycles. The second-order valence-electron chi connectivity index (χ2n) is 13.3. The normalized spacial score (nSPS) is 11.7. The van der Waals surface area contributed by atoms with Crippen molar-refractivity contribution in [2.24, 2.45) is 0 Å². The van der Waals surface area contributed by atoms with E-state index in [2.05, 4.69) is 147 Å². The standard InChI is InChI=1S/C35H41O.BF3.FH/c1-33(2,3)28-16-10-24(11-17-28)27-22-31(25-12-18-29(19-13-25)34(4,5)6)36-32(23-27)26-14-20-30(21-15-26)35(7,8)9;2-1(3)4;/h10-23H,1-9H3;;1H/q+1;;/p-1.